The van der Waals surface area contributed by atoms with E-state index in [0.717, 1.165) is 18.0 Å². The Morgan fingerprint density at radius 3 is 2.65 bits per heavy atom. The maximum atomic E-state index is 6.32. The summed E-state index contributed by atoms with van der Waals surface area (Å²) in [6.45, 7) is 3.20. The van der Waals surface area contributed by atoms with Crippen LogP contribution in [0.1, 0.15) is 36.0 Å². The molecule has 2 unspecified atom stereocenters. The zero-order valence-electron chi connectivity index (χ0n) is 13.5. The summed E-state index contributed by atoms with van der Waals surface area (Å²) in [6, 6.07) is 18.4. The van der Waals surface area contributed by atoms with Crippen molar-refractivity contribution >= 4 is 17.2 Å². The Labute approximate surface area is 143 Å². The molecule has 2 atom stereocenters. The average molecular weight is 324 g/mol. The van der Waals surface area contributed by atoms with Gasteiger partial charge in [-0.1, -0.05) is 60.1 Å². The van der Waals surface area contributed by atoms with Crippen molar-refractivity contribution < 1.29 is 0 Å². The minimum absolute atomic E-state index is 0.572. The van der Waals surface area contributed by atoms with E-state index >= 15 is 0 Å². The van der Waals surface area contributed by atoms with Crippen molar-refractivity contribution in [2.75, 3.05) is 0 Å². The predicted molar refractivity (Wildman–Crippen MR) is 97.6 cm³/mol. The lowest BCUT2D eigenvalue weighted by atomic mass is 9.91. The van der Waals surface area contributed by atoms with Crippen molar-refractivity contribution in [1.82, 2.24) is 4.90 Å². The fraction of sp³-hybridized carbons (Fsp3) is 0.333. The fourth-order valence-corrected chi connectivity index (χ4v) is 4.29. The van der Waals surface area contributed by atoms with Gasteiger partial charge < -0.3 is 0 Å². The molecule has 1 fully saturated rings. The number of fused-ring (bicyclic) bond motifs is 2. The molecule has 2 heterocycles. The first kappa shape index (κ1) is 15.0. The van der Waals surface area contributed by atoms with Crippen molar-refractivity contribution in [2.45, 2.75) is 44.8 Å². The summed E-state index contributed by atoms with van der Waals surface area (Å²) in [7, 11) is 0. The molecule has 0 spiro atoms. The van der Waals surface area contributed by atoms with E-state index in [0.29, 0.717) is 12.1 Å². The van der Waals surface area contributed by atoms with E-state index in [1.165, 1.54) is 35.1 Å². The quantitative estimate of drug-likeness (QED) is 0.724. The molecule has 1 nitrogen and oxygen atoms in total. The summed E-state index contributed by atoms with van der Waals surface area (Å²) in [4.78, 5) is 2.68. The second-order valence-corrected chi connectivity index (χ2v) is 7.17. The SMILES string of the molecule is Cc1c(Cl)cccc1C1=CC2CCC(C1)N2Cc1ccccc1. The van der Waals surface area contributed by atoms with Gasteiger partial charge in [0.25, 0.3) is 0 Å². The highest BCUT2D eigenvalue weighted by molar-refractivity contribution is 6.31. The lowest BCUT2D eigenvalue weighted by Crippen LogP contribution is -2.37. The van der Waals surface area contributed by atoms with E-state index in [2.05, 4.69) is 60.4 Å². The zero-order chi connectivity index (χ0) is 15.8. The van der Waals surface area contributed by atoms with Gasteiger partial charge in [0.15, 0.2) is 0 Å². The molecule has 2 aliphatic heterocycles. The molecule has 0 N–H and O–H groups in total. The fourth-order valence-electron chi connectivity index (χ4n) is 4.11. The highest BCUT2D eigenvalue weighted by atomic mass is 35.5. The average Bonchev–Trinajstić information content (AvgIpc) is 2.80. The molecule has 2 heteroatoms. The molecular formula is C21H22ClN. The van der Waals surface area contributed by atoms with Gasteiger partial charge in [-0.05, 0) is 54.5 Å². The standard InChI is InChI=1S/C21H22ClN/c1-15-20(8-5-9-21(15)22)17-12-18-10-11-19(13-17)23(18)14-16-6-3-2-4-7-16/h2-9,12,18-19H,10-11,13-14H2,1H3. The molecule has 0 aromatic heterocycles. The first-order valence-electron chi connectivity index (χ1n) is 8.48. The first-order chi connectivity index (χ1) is 11.2. The van der Waals surface area contributed by atoms with Crippen LogP contribution in [0, 0.1) is 6.92 Å². The van der Waals surface area contributed by atoms with Gasteiger partial charge in [-0.25, -0.2) is 0 Å². The van der Waals surface area contributed by atoms with Gasteiger partial charge in [0, 0.05) is 23.7 Å². The Morgan fingerprint density at radius 1 is 1.04 bits per heavy atom. The molecule has 118 valence electrons. The number of benzene rings is 2. The highest BCUT2D eigenvalue weighted by Crippen LogP contribution is 2.40. The van der Waals surface area contributed by atoms with Crippen LogP contribution in [-0.2, 0) is 6.54 Å². The topological polar surface area (TPSA) is 3.24 Å². The van der Waals surface area contributed by atoms with Gasteiger partial charge >= 0.3 is 0 Å². The lowest BCUT2D eigenvalue weighted by molar-refractivity contribution is 0.203. The monoisotopic (exact) mass is 323 g/mol. The molecule has 1 saturated heterocycles. The first-order valence-corrected chi connectivity index (χ1v) is 8.86. The van der Waals surface area contributed by atoms with Gasteiger partial charge in [-0.2, -0.15) is 0 Å². The normalized spacial score (nSPS) is 23.8. The molecule has 2 bridgehead atoms. The van der Waals surface area contributed by atoms with E-state index in [-0.39, 0.29) is 0 Å². The van der Waals surface area contributed by atoms with Crippen LogP contribution in [0.3, 0.4) is 0 Å². The summed E-state index contributed by atoms with van der Waals surface area (Å²) >= 11 is 6.32. The van der Waals surface area contributed by atoms with Crippen LogP contribution in [-0.4, -0.2) is 17.0 Å². The van der Waals surface area contributed by atoms with Crippen molar-refractivity contribution in [3.63, 3.8) is 0 Å². The third-order valence-corrected chi connectivity index (χ3v) is 5.77. The molecule has 0 radical (unpaired) electrons. The minimum Gasteiger partial charge on any atom is -0.289 e. The minimum atomic E-state index is 0.572. The Hall–Kier alpha value is -1.57. The summed E-state index contributed by atoms with van der Waals surface area (Å²) in [5.74, 6) is 0. The maximum absolute atomic E-state index is 6.32. The molecule has 4 rings (SSSR count). The Kier molecular flexibility index (Phi) is 4.00. The largest absolute Gasteiger partial charge is 0.289 e. The van der Waals surface area contributed by atoms with E-state index in [4.69, 9.17) is 11.6 Å². The highest BCUT2D eigenvalue weighted by Gasteiger charge is 2.36. The second-order valence-electron chi connectivity index (χ2n) is 6.76. The Morgan fingerprint density at radius 2 is 1.87 bits per heavy atom. The van der Waals surface area contributed by atoms with Crippen molar-refractivity contribution in [2.24, 2.45) is 0 Å². The number of nitrogens with zero attached hydrogens (tertiary/aromatic N) is 1. The van der Waals surface area contributed by atoms with Crippen LogP contribution >= 0.6 is 11.6 Å². The van der Waals surface area contributed by atoms with E-state index in [9.17, 15) is 0 Å². The Bertz CT molecular complexity index is 735. The molecule has 2 aromatic rings. The van der Waals surface area contributed by atoms with Gasteiger partial charge in [-0.15, -0.1) is 0 Å². The Balaban J connectivity index is 1.61. The van der Waals surface area contributed by atoms with E-state index < -0.39 is 0 Å². The van der Waals surface area contributed by atoms with Crippen LogP contribution in [0.25, 0.3) is 5.57 Å². The third kappa shape index (κ3) is 2.84. The van der Waals surface area contributed by atoms with Gasteiger partial charge in [0.05, 0.1) is 0 Å². The summed E-state index contributed by atoms with van der Waals surface area (Å²) in [5, 5.41) is 0.877. The lowest BCUT2D eigenvalue weighted by Gasteiger charge is -2.34. The van der Waals surface area contributed by atoms with Crippen LogP contribution in [0.2, 0.25) is 5.02 Å². The summed E-state index contributed by atoms with van der Waals surface area (Å²) in [6.07, 6.45) is 6.22. The van der Waals surface area contributed by atoms with Gasteiger partial charge in [0.2, 0.25) is 0 Å². The molecular weight excluding hydrogens is 302 g/mol. The molecule has 2 aromatic carbocycles. The zero-order valence-corrected chi connectivity index (χ0v) is 14.3. The van der Waals surface area contributed by atoms with Gasteiger partial charge in [0.1, 0.15) is 0 Å². The number of halogens is 1. The van der Waals surface area contributed by atoms with Crippen molar-refractivity contribution in [3.05, 3.63) is 76.3 Å². The van der Waals surface area contributed by atoms with E-state index in [1.807, 2.05) is 6.07 Å². The van der Waals surface area contributed by atoms with Crippen molar-refractivity contribution in [3.8, 4) is 0 Å². The maximum Gasteiger partial charge on any atom is 0.0441 e. The number of hydrogen-bond donors (Lipinski definition) is 0. The smallest absolute Gasteiger partial charge is 0.0441 e. The number of rotatable bonds is 3. The third-order valence-electron chi connectivity index (χ3n) is 5.36. The molecule has 0 amide bonds. The molecule has 2 aliphatic rings. The molecule has 0 saturated carbocycles. The number of hydrogen-bond acceptors (Lipinski definition) is 1. The summed E-state index contributed by atoms with van der Waals surface area (Å²) < 4.78 is 0. The van der Waals surface area contributed by atoms with E-state index in [1.54, 1.807) is 0 Å². The second kappa shape index (κ2) is 6.14. The van der Waals surface area contributed by atoms with Crippen LogP contribution < -0.4 is 0 Å². The molecule has 0 aliphatic carbocycles. The predicted octanol–water partition coefficient (Wildman–Crippen LogP) is 5.47. The summed E-state index contributed by atoms with van der Waals surface area (Å²) in [5.41, 5.74) is 5.46. The van der Waals surface area contributed by atoms with Gasteiger partial charge in [-0.3, -0.25) is 4.90 Å². The molecule has 23 heavy (non-hydrogen) atoms. The van der Waals surface area contributed by atoms with Crippen LogP contribution in [0.5, 0.6) is 0 Å². The van der Waals surface area contributed by atoms with Crippen molar-refractivity contribution in [1.29, 1.82) is 0 Å². The van der Waals surface area contributed by atoms with Crippen LogP contribution in [0.4, 0.5) is 0 Å². The van der Waals surface area contributed by atoms with Crippen LogP contribution in [0.15, 0.2) is 54.6 Å².